The van der Waals surface area contributed by atoms with Gasteiger partial charge in [0, 0.05) is 17.1 Å². The van der Waals surface area contributed by atoms with Gasteiger partial charge in [-0.15, -0.1) is 11.3 Å². The van der Waals surface area contributed by atoms with E-state index in [9.17, 15) is 4.79 Å². The Kier molecular flexibility index (Phi) is 5.62. The van der Waals surface area contributed by atoms with E-state index >= 15 is 0 Å². The number of nitrogens with one attached hydrogen (secondary N) is 1. The molecule has 5 nitrogen and oxygen atoms in total. The summed E-state index contributed by atoms with van der Waals surface area (Å²) in [6.07, 6.45) is 3.60. The van der Waals surface area contributed by atoms with Gasteiger partial charge in [-0.1, -0.05) is 6.07 Å². The molecule has 1 amide bonds. The average molecular weight is 473 g/mol. The van der Waals surface area contributed by atoms with Gasteiger partial charge in [0.1, 0.15) is 16.5 Å². The number of anilines is 2. The molecule has 0 radical (unpaired) electrons. The summed E-state index contributed by atoms with van der Waals surface area (Å²) in [7, 11) is 0. The van der Waals surface area contributed by atoms with E-state index in [0.717, 1.165) is 49.7 Å². The van der Waals surface area contributed by atoms with Crippen LogP contribution < -0.4 is 10.2 Å². The van der Waals surface area contributed by atoms with Gasteiger partial charge in [-0.2, -0.15) is 0 Å². The topological polar surface area (TPSA) is 58.1 Å². The fraction of sp³-hybridized carbons (Fsp3) is 0.409. The molecule has 1 saturated heterocycles. The number of thiophene rings is 1. The van der Waals surface area contributed by atoms with Gasteiger partial charge >= 0.3 is 0 Å². The summed E-state index contributed by atoms with van der Waals surface area (Å²) in [4.78, 5) is 26.5. The molecule has 152 valence electrons. The standard InChI is InChI=1S/C22H25BrN4OS/c1-12-8-9-17(16(23)11-12)26-21(28)19-14(3)18-20(24-15(4)25-22(18)29-19)27-10-6-5-7-13(27)2/h8-9,11,13H,5-7,10H2,1-4H3,(H,26,28)/t13-/m1/s1. The lowest BCUT2D eigenvalue weighted by Gasteiger charge is -2.35. The summed E-state index contributed by atoms with van der Waals surface area (Å²) in [6, 6.07) is 6.35. The highest BCUT2D eigenvalue weighted by atomic mass is 79.9. The van der Waals surface area contributed by atoms with Gasteiger partial charge in [0.15, 0.2) is 0 Å². The smallest absolute Gasteiger partial charge is 0.266 e. The Morgan fingerprint density at radius 2 is 2.03 bits per heavy atom. The van der Waals surface area contributed by atoms with Crippen LogP contribution in [0.1, 0.15) is 52.8 Å². The summed E-state index contributed by atoms with van der Waals surface area (Å²) in [5.41, 5.74) is 2.86. The minimum absolute atomic E-state index is 0.106. The Labute approximate surface area is 183 Å². The molecule has 2 aromatic heterocycles. The van der Waals surface area contributed by atoms with Crippen LogP contribution in [-0.4, -0.2) is 28.5 Å². The zero-order valence-electron chi connectivity index (χ0n) is 17.2. The SMILES string of the molecule is Cc1ccc(NC(=O)c2sc3nc(C)nc(N4CCCC[C@H]4C)c3c2C)c(Br)c1. The van der Waals surface area contributed by atoms with Crippen molar-refractivity contribution in [2.24, 2.45) is 0 Å². The minimum Gasteiger partial charge on any atom is -0.353 e. The van der Waals surface area contributed by atoms with E-state index in [1.807, 2.05) is 39.0 Å². The van der Waals surface area contributed by atoms with Gasteiger partial charge in [-0.3, -0.25) is 4.79 Å². The maximum atomic E-state index is 13.1. The van der Waals surface area contributed by atoms with E-state index < -0.39 is 0 Å². The summed E-state index contributed by atoms with van der Waals surface area (Å²) in [5.74, 6) is 1.62. The van der Waals surface area contributed by atoms with Crippen molar-refractivity contribution >= 4 is 54.9 Å². The van der Waals surface area contributed by atoms with E-state index in [-0.39, 0.29) is 5.91 Å². The van der Waals surface area contributed by atoms with Gasteiger partial charge in [0.2, 0.25) is 0 Å². The van der Waals surface area contributed by atoms with Crippen molar-refractivity contribution in [1.29, 1.82) is 0 Å². The molecule has 29 heavy (non-hydrogen) atoms. The summed E-state index contributed by atoms with van der Waals surface area (Å²) in [5, 5.41) is 4.06. The molecule has 3 aromatic rings. The Balaban J connectivity index is 1.75. The number of aryl methyl sites for hydroxylation is 3. The molecule has 0 saturated carbocycles. The number of benzene rings is 1. The van der Waals surface area contributed by atoms with Crippen LogP contribution in [0.2, 0.25) is 0 Å². The van der Waals surface area contributed by atoms with E-state index in [0.29, 0.717) is 10.9 Å². The molecule has 1 atom stereocenters. The second-order valence-electron chi connectivity index (χ2n) is 7.81. The third-order valence-electron chi connectivity index (χ3n) is 5.54. The third kappa shape index (κ3) is 3.90. The number of hydrogen-bond acceptors (Lipinski definition) is 5. The first-order valence-corrected chi connectivity index (χ1v) is 11.6. The molecule has 0 unspecified atom stereocenters. The number of rotatable bonds is 3. The fourth-order valence-electron chi connectivity index (χ4n) is 3.96. The lowest BCUT2D eigenvalue weighted by molar-refractivity contribution is 0.103. The van der Waals surface area contributed by atoms with E-state index in [1.165, 1.54) is 30.6 Å². The number of hydrogen-bond donors (Lipinski definition) is 1. The Morgan fingerprint density at radius 3 is 2.76 bits per heavy atom. The molecular weight excluding hydrogens is 448 g/mol. The van der Waals surface area contributed by atoms with E-state index in [2.05, 4.69) is 38.1 Å². The van der Waals surface area contributed by atoms with Crippen LogP contribution in [0.15, 0.2) is 22.7 Å². The van der Waals surface area contributed by atoms with Crippen molar-refractivity contribution < 1.29 is 4.79 Å². The van der Waals surface area contributed by atoms with E-state index in [1.54, 1.807) is 0 Å². The zero-order chi connectivity index (χ0) is 20.7. The summed E-state index contributed by atoms with van der Waals surface area (Å²) < 4.78 is 0.878. The number of piperidine rings is 1. The molecule has 1 fully saturated rings. The van der Waals surface area contributed by atoms with Crippen molar-refractivity contribution in [3.63, 3.8) is 0 Å². The molecule has 0 bridgehead atoms. The van der Waals surface area contributed by atoms with Crippen LogP contribution in [0.25, 0.3) is 10.2 Å². The first-order valence-electron chi connectivity index (χ1n) is 9.97. The van der Waals surface area contributed by atoms with Crippen LogP contribution in [0, 0.1) is 20.8 Å². The first-order chi connectivity index (χ1) is 13.8. The predicted octanol–water partition coefficient (Wildman–Crippen LogP) is 6.01. The maximum Gasteiger partial charge on any atom is 0.266 e. The highest BCUT2D eigenvalue weighted by molar-refractivity contribution is 9.10. The molecule has 1 aliphatic heterocycles. The third-order valence-corrected chi connectivity index (χ3v) is 7.38. The number of nitrogens with zero attached hydrogens (tertiary/aromatic N) is 3. The van der Waals surface area contributed by atoms with Gasteiger partial charge in [-0.05, 0) is 86.1 Å². The van der Waals surface area contributed by atoms with Gasteiger partial charge in [-0.25, -0.2) is 9.97 Å². The molecular formula is C22H25BrN4OS. The van der Waals surface area contributed by atoms with Gasteiger partial charge < -0.3 is 10.2 Å². The van der Waals surface area contributed by atoms with Crippen LogP contribution in [-0.2, 0) is 0 Å². The largest absolute Gasteiger partial charge is 0.353 e. The van der Waals surface area contributed by atoms with Crippen LogP contribution in [0.4, 0.5) is 11.5 Å². The van der Waals surface area contributed by atoms with Gasteiger partial charge in [0.25, 0.3) is 5.91 Å². The predicted molar refractivity (Wildman–Crippen MR) is 124 cm³/mol. The van der Waals surface area contributed by atoms with Crippen LogP contribution in [0.3, 0.4) is 0 Å². The molecule has 4 rings (SSSR count). The first kappa shape index (κ1) is 20.3. The lowest BCUT2D eigenvalue weighted by atomic mass is 10.0. The van der Waals surface area contributed by atoms with E-state index in [4.69, 9.17) is 4.98 Å². The normalized spacial score (nSPS) is 17.0. The van der Waals surface area contributed by atoms with Crippen LogP contribution >= 0.6 is 27.3 Å². The van der Waals surface area contributed by atoms with Crippen molar-refractivity contribution in [1.82, 2.24) is 9.97 Å². The van der Waals surface area contributed by atoms with Crippen LogP contribution in [0.5, 0.6) is 0 Å². The van der Waals surface area contributed by atoms with Crippen molar-refractivity contribution in [2.45, 2.75) is 53.0 Å². The summed E-state index contributed by atoms with van der Waals surface area (Å²) >= 11 is 4.99. The number of aromatic nitrogens is 2. The number of amides is 1. The number of carbonyl (C=O) groups excluding carboxylic acids is 1. The molecule has 1 aliphatic rings. The Hall–Kier alpha value is -1.99. The van der Waals surface area contributed by atoms with Crippen molar-refractivity contribution in [3.05, 3.63) is 44.5 Å². The Bertz CT molecular complexity index is 1090. The quantitative estimate of drug-likeness (QED) is 0.506. The molecule has 1 aromatic carbocycles. The van der Waals surface area contributed by atoms with Crippen molar-refractivity contribution in [3.8, 4) is 0 Å². The molecule has 0 spiro atoms. The zero-order valence-corrected chi connectivity index (χ0v) is 19.6. The van der Waals surface area contributed by atoms with Crippen molar-refractivity contribution in [2.75, 3.05) is 16.8 Å². The number of halogens is 1. The maximum absolute atomic E-state index is 13.1. The Morgan fingerprint density at radius 1 is 1.24 bits per heavy atom. The molecule has 3 heterocycles. The molecule has 7 heteroatoms. The number of carbonyl (C=O) groups is 1. The average Bonchev–Trinajstić information content (AvgIpc) is 3.00. The second-order valence-corrected chi connectivity index (χ2v) is 9.66. The minimum atomic E-state index is -0.106. The van der Waals surface area contributed by atoms with Gasteiger partial charge in [0.05, 0.1) is 16.0 Å². The monoisotopic (exact) mass is 472 g/mol. The highest BCUT2D eigenvalue weighted by Crippen LogP contribution is 2.38. The molecule has 0 aliphatic carbocycles. The lowest BCUT2D eigenvalue weighted by Crippen LogP contribution is -2.38. The summed E-state index contributed by atoms with van der Waals surface area (Å²) in [6.45, 7) is 9.22. The molecule has 1 N–H and O–H groups in total. The fourth-order valence-corrected chi connectivity index (χ4v) is 5.67. The highest BCUT2D eigenvalue weighted by Gasteiger charge is 2.26. The second kappa shape index (κ2) is 8.03. The number of fused-ring (bicyclic) bond motifs is 1.